The van der Waals surface area contributed by atoms with E-state index in [1.807, 2.05) is 39.2 Å². The monoisotopic (exact) mass is 293 g/mol. The minimum Gasteiger partial charge on any atom is -0.489 e. The van der Waals surface area contributed by atoms with Crippen molar-refractivity contribution in [3.8, 4) is 5.75 Å². The maximum Gasteiger partial charge on any atom is 0.263 e. The van der Waals surface area contributed by atoms with Gasteiger partial charge in [0, 0.05) is 31.3 Å². The Morgan fingerprint density at radius 2 is 2.11 bits per heavy atom. The number of nitrogens with zero attached hydrogens (tertiary/aromatic N) is 1. The Balaban J connectivity index is 1.53. The molecular formula is C14H15NO2S2. The van der Waals surface area contributed by atoms with Crippen LogP contribution in [0, 0.1) is 0 Å². The fraction of sp³-hybridized carbons (Fsp3) is 0.357. The zero-order chi connectivity index (χ0) is 13.1. The van der Waals surface area contributed by atoms with E-state index in [1.54, 1.807) is 11.3 Å². The van der Waals surface area contributed by atoms with Gasteiger partial charge in [-0.25, -0.2) is 0 Å². The number of piperidine rings is 1. The number of carbonyl (C=O) groups excluding carboxylic acids is 1. The molecule has 0 spiro atoms. The molecule has 5 heteroatoms. The van der Waals surface area contributed by atoms with E-state index in [0.717, 1.165) is 36.6 Å². The highest BCUT2D eigenvalue weighted by molar-refractivity contribution is 7.12. The molecule has 0 unspecified atom stereocenters. The minimum absolute atomic E-state index is 0.156. The van der Waals surface area contributed by atoms with Gasteiger partial charge in [-0.05, 0) is 22.9 Å². The molecule has 0 aliphatic carbocycles. The summed E-state index contributed by atoms with van der Waals surface area (Å²) in [6, 6.07) is 5.80. The lowest BCUT2D eigenvalue weighted by Gasteiger charge is -2.31. The molecule has 0 N–H and O–H groups in total. The maximum absolute atomic E-state index is 12.2. The van der Waals surface area contributed by atoms with E-state index in [9.17, 15) is 4.79 Å². The van der Waals surface area contributed by atoms with E-state index in [-0.39, 0.29) is 12.0 Å². The fourth-order valence-electron chi connectivity index (χ4n) is 2.24. The Morgan fingerprint density at radius 3 is 2.74 bits per heavy atom. The van der Waals surface area contributed by atoms with E-state index in [2.05, 4.69) is 0 Å². The predicted octanol–water partition coefficient (Wildman–Crippen LogP) is 3.49. The molecule has 1 aliphatic heterocycles. The van der Waals surface area contributed by atoms with Crippen molar-refractivity contribution in [1.29, 1.82) is 0 Å². The summed E-state index contributed by atoms with van der Waals surface area (Å²) >= 11 is 3.15. The molecule has 0 saturated carbocycles. The molecule has 1 saturated heterocycles. The van der Waals surface area contributed by atoms with Crippen LogP contribution in [0.1, 0.15) is 22.5 Å². The molecule has 2 aromatic heterocycles. The lowest BCUT2D eigenvalue weighted by atomic mass is 10.1. The van der Waals surface area contributed by atoms with E-state index < -0.39 is 0 Å². The number of ether oxygens (including phenoxy) is 1. The van der Waals surface area contributed by atoms with E-state index in [1.165, 1.54) is 11.3 Å². The Morgan fingerprint density at radius 1 is 1.26 bits per heavy atom. The molecule has 100 valence electrons. The first kappa shape index (κ1) is 12.7. The molecular weight excluding hydrogens is 278 g/mol. The smallest absolute Gasteiger partial charge is 0.263 e. The quantitative estimate of drug-likeness (QED) is 0.867. The van der Waals surface area contributed by atoms with Gasteiger partial charge >= 0.3 is 0 Å². The summed E-state index contributed by atoms with van der Waals surface area (Å²) in [6.07, 6.45) is 2.06. The third-order valence-corrected chi connectivity index (χ3v) is 4.78. The molecule has 0 aromatic carbocycles. The van der Waals surface area contributed by atoms with Crippen molar-refractivity contribution in [2.75, 3.05) is 13.1 Å². The van der Waals surface area contributed by atoms with Crippen LogP contribution in [0.5, 0.6) is 5.75 Å². The molecule has 1 aliphatic rings. The van der Waals surface area contributed by atoms with Crippen molar-refractivity contribution in [2.24, 2.45) is 0 Å². The van der Waals surface area contributed by atoms with Crippen molar-refractivity contribution in [3.63, 3.8) is 0 Å². The molecule has 0 atom stereocenters. The summed E-state index contributed by atoms with van der Waals surface area (Å²) in [5, 5.41) is 5.98. The van der Waals surface area contributed by atoms with Crippen LogP contribution in [-0.2, 0) is 0 Å². The van der Waals surface area contributed by atoms with Crippen LogP contribution < -0.4 is 4.74 Å². The molecule has 2 aromatic rings. The zero-order valence-corrected chi connectivity index (χ0v) is 12.1. The summed E-state index contributed by atoms with van der Waals surface area (Å²) in [7, 11) is 0. The number of hydrogen-bond acceptors (Lipinski definition) is 4. The van der Waals surface area contributed by atoms with Crippen molar-refractivity contribution >= 4 is 28.6 Å². The van der Waals surface area contributed by atoms with Gasteiger partial charge in [0.2, 0.25) is 0 Å². The Hall–Kier alpha value is -1.33. The van der Waals surface area contributed by atoms with E-state index in [0.29, 0.717) is 0 Å². The normalized spacial score (nSPS) is 16.5. The van der Waals surface area contributed by atoms with Gasteiger partial charge in [-0.3, -0.25) is 4.79 Å². The van der Waals surface area contributed by atoms with Crippen LogP contribution in [0.3, 0.4) is 0 Å². The molecule has 1 amide bonds. The third kappa shape index (κ3) is 2.98. The van der Waals surface area contributed by atoms with Gasteiger partial charge in [0.1, 0.15) is 11.9 Å². The van der Waals surface area contributed by atoms with E-state index in [4.69, 9.17) is 4.74 Å². The second kappa shape index (κ2) is 5.75. The second-order valence-corrected chi connectivity index (χ2v) is 6.27. The summed E-state index contributed by atoms with van der Waals surface area (Å²) in [5.74, 6) is 1.11. The Bertz CT molecular complexity index is 514. The van der Waals surface area contributed by atoms with Gasteiger partial charge in [-0.2, -0.15) is 0 Å². The summed E-state index contributed by atoms with van der Waals surface area (Å²) < 4.78 is 5.89. The van der Waals surface area contributed by atoms with Crippen LogP contribution in [0.2, 0.25) is 0 Å². The lowest BCUT2D eigenvalue weighted by Crippen LogP contribution is -2.41. The third-order valence-electron chi connectivity index (χ3n) is 3.26. The highest BCUT2D eigenvalue weighted by Crippen LogP contribution is 2.22. The Kier molecular flexibility index (Phi) is 3.84. The zero-order valence-electron chi connectivity index (χ0n) is 10.5. The number of likely N-dealkylation sites (tertiary alicyclic amines) is 1. The van der Waals surface area contributed by atoms with Crippen LogP contribution in [0.15, 0.2) is 34.3 Å². The summed E-state index contributed by atoms with van der Waals surface area (Å²) in [4.78, 5) is 14.9. The van der Waals surface area contributed by atoms with Gasteiger partial charge in [-0.15, -0.1) is 22.7 Å². The highest BCUT2D eigenvalue weighted by Gasteiger charge is 2.25. The second-order valence-electron chi connectivity index (χ2n) is 4.55. The number of hydrogen-bond donors (Lipinski definition) is 0. The van der Waals surface area contributed by atoms with Crippen LogP contribution in [0.4, 0.5) is 0 Å². The summed E-state index contributed by atoms with van der Waals surface area (Å²) in [5.41, 5.74) is 0. The first-order valence-electron chi connectivity index (χ1n) is 6.34. The number of amides is 1. The van der Waals surface area contributed by atoms with Crippen molar-refractivity contribution in [1.82, 2.24) is 4.90 Å². The van der Waals surface area contributed by atoms with Gasteiger partial charge in [-0.1, -0.05) is 6.07 Å². The number of carbonyl (C=O) groups is 1. The molecule has 1 fully saturated rings. The molecule has 0 bridgehead atoms. The average molecular weight is 293 g/mol. The van der Waals surface area contributed by atoms with Crippen LogP contribution in [0.25, 0.3) is 0 Å². The highest BCUT2D eigenvalue weighted by atomic mass is 32.1. The maximum atomic E-state index is 12.2. The SMILES string of the molecule is O=C(c1cccs1)N1CCC(Oc2ccsc2)CC1. The largest absolute Gasteiger partial charge is 0.489 e. The van der Waals surface area contributed by atoms with Crippen LogP contribution in [-0.4, -0.2) is 30.0 Å². The van der Waals surface area contributed by atoms with Crippen molar-refractivity contribution in [2.45, 2.75) is 18.9 Å². The topological polar surface area (TPSA) is 29.5 Å². The minimum atomic E-state index is 0.156. The fourth-order valence-corrected chi connectivity index (χ4v) is 3.49. The van der Waals surface area contributed by atoms with E-state index >= 15 is 0 Å². The first-order valence-corrected chi connectivity index (χ1v) is 8.17. The first-order chi connectivity index (χ1) is 9.33. The molecule has 19 heavy (non-hydrogen) atoms. The predicted molar refractivity (Wildman–Crippen MR) is 78.2 cm³/mol. The number of thiophene rings is 2. The number of rotatable bonds is 3. The van der Waals surface area contributed by atoms with Gasteiger partial charge in [0.25, 0.3) is 5.91 Å². The van der Waals surface area contributed by atoms with Gasteiger partial charge in [0.15, 0.2) is 0 Å². The van der Waals surface area contributed by atoms with Crippen LogP contribution >= 0.6 is 22.7 Å². The average Bonchev–Trinajstić information content (AvgIpc) is 3.12. The molecule has 0 radical (unpaired) electrons. The standard InChI is InChI=1S/C14H15NO2S2/c16-14(13-2-1-8-19-13)15-6-3-11(4-7-15)17-12-5-9-18-10-12/h1-2,5,8-11H,3-4,6-7H2. The van der Waals surface area contributed by atoms with Crippen molar-refractivity contribution in [3.05, 3.63) is 39.2 Å². The molecule has 3 heterocycles. The van der Waals surface area contributed by atoms with Gasteiger partial charge < -0.3 is 9.64 Å². The summed E-state index contributed by atoms with van der Waals surface area (Å²) in [6.45, 7) is 1.57. The molecule has 3 rings (SSSR count). The van der Waals surface area contributed by atoms with Crippen molar-refractivity contribution < 1.29 is 9.53 Å². The van der Waals surface area contributed by atoms with Gasteiger partial charge in [0.05, 0.1) is 4.88 Å². The molecule has 3 nitrogen and oxygen atoms in total. The lowest BCUT2D eigenvalue weighted by molar-refractivity contribution is 0.0601. The Labute approximate surface area is 120 Å².